The van der Waals surface area contributed by atoms with Crippen molar-refractivity contribution in [3.8, 4) is 10.7 Å². The second kappa shape index (κ2) is 6.64. The van der Waals surface area contributed by atoms with Crippen molar-refractivity contribution in [3.63, 3.8) is 0 Å². The van der Waals surface area contributed by atoms with Crippen LogP contribution in [0.5, 0.6) is 0 Å². The summed E-state index contributed by atoms with van der Waals surface area (Å²) in [6, 6.07) is 4.77. The smallest absolute Gasteiger partial charge is 0.329 e. The Balaban J connectivity index is 1.78. The lowest BCUT2D eigenvalue weighted by atomic mass is 10.4. The van der Waals surface area contributed by atoms with E-state index in [0.717, 1.165) is 4.88 Å². The first kappa shape index (κ1) is 17.1. The van der Waals surface area contributed by atoms with E-state index in [4.69, 9.17) is 0 Å². The van der Waals surface area contributed by atoms with Crippen molar-refractivity contribution in [2.75, 3.05) is 7.11 Å². The highest BCUT2D eigenvalue weighted by molar-refractivity contribution is 7.15. The second-order valence-corrected chi connectivity index (χ2v) is 5.86. The standard InChI is InChI=1S/C13H10F3N5O3S/c1-23-20-11(22)8-4-5-17-21(8)6-7-2-3-9(25-7)10-18-12(24-19-10)13(14,15)16/h2-5H,6H2,1H3,(H,20,22). The molecule has 3 heterocycles. The Morgan fingerprint density at radius 2 is 2.20 bits per heavy atom. The number of thiophene rings is 1. The van der Waals surface area contributed by atoms with Crippen molar-refractivity contribution in [2.45, 2.75) is 12.7 Å². The summed E-state index contributed by atoms with van der Waals surface area (Å²) < 4.78 is 43.2. The number of rotatable bonds is 5. The van der Waals surface area contributed by atoms with Crippen molar-refractivity contribution in [3.05, 3.63) is 40.9 Å². The van der Waals surface area contributed by atoms with E-state index in [1.807, 2.05) is 0 Å². The quantitative estimate of drug-likeness (QED) is 0.690. The molecule has 0 aliphatic rings. The van der Waals surface area contributed by atoms with Gasteiger partial charge in [0.1, 0.15) is 5.69 Å². The highest BCUT2D eigenvalue weighted by Crippen LogP contribution is 2.31. The molecular formula is C13H10F3N5O3S. The topological polar surface area (TPSA) is 95.1 Å². The summed E-state index contributed by atoms with van der Waals surface area (Å²) in [5.74, 6) is -2.02. The van der Waals surface area contributed by atoms with E-state index in [9.17, 15) is 18.0 Å². The van der Waals surface area contributed by atoms with E-state index >= 15 is 0 Å². The average molecular weight is 373 g/mol. The summed E-state index contributed by atoms with van der Waals surface area (Å²) in [4.78, 5) is 20.9. The molecule has 0 radical (unpaired) electrons. The van der Waals surface area contributed by atoms with Gasteiger partial charge in [0.15, 0.2) is 0 Å². The maximum atomic E-state index is 12.5. The fourth-order valence-corrected chi connectivity index (χ4v) is 2.88. The van der Waals surface area contributed by atoms with Gasteiger partial charge in [-0.2, -0.15) is 23.3 Å². The number of hydrogen-bond acceptors (Lipinski definition) is 7. The number of nitrogens with one attached hydrogen (secondary N) is 1. The molecule has 0 bridgehead atoms. The third-order valence-corrected chi connectivity index (χ3v) is 4.07. The lowest BCUT2D eigenvalue weighted by Crippen LogP contribution is -2.25. The minimum absolute atomic E-state index is 0.151. The average Bonchev–Trinajstić information content (AvgIpc) is 3.27. The number of aromatic nitrogens is 4. The van der Waals surface area contributed by atoms with E-state index in [1.165, 1.54) is 35.4 Å². The zero-order valence-electron chi connectivity index (χ0n) is 12.6. The Kier molecular flexibility index (Phi) is 4.55. The lowest BCUT2D eigenvalue weighted by molar-refractivity contribution is -0.159. The number of hydrogen-bond donors (Lipinski definition) is 1. The molecule has 0 aliphatic carbocycles. The van der Waals surface area contributed by atoms with Crippen LogP contribution in [0.2, 0.25) is 0 Å². The summed E-state index contributed by atoms with van der Waals surface area (Å²) in [6.45, 7) is 0.244. The number of alkyl halides is 3. The van der Waals surface area contributed by atoms with Gasteiger partial charge in [0.05, 0.1) is 18.5 Å². The maximum absolute atomic E-state index is 12.5. The number of nitrogens with zero attached hydrogens (tertiary/aromatic N) is 4. The molecule has 12 heteroatoms. The molecule has 1 amide bonds. The van der Waals surface area contributed by atoms with Crippen LogP contribution in [-0.2, 0) is 17.6 Å². The van der Waals surface area contributed by atoms with Gasteiger partial charge >= 0.3 is 12.1 Å². The Hall–Kier alpha value is -2.73. The predicted octanol–water partition coefficient (Wildman–Crippen LogP) is 2.35. The van der Waals surface area contributed by atoms with Gasteiger partial charge in [-0.25, -0.2) is 5.48 Å². The molecule has 0 saturated carbocycles. The van der Waals surface area contributed by atoms with Gasteiger partial charge in [0.25, 0.3) is 5.91 Å². The molecule has 0 saturated heterocycles. The van der Waals surface area contributed by atoms with Gasteiger partial charge in [-0.15, -0.1) is 11.3 Å². The monoisotopic (exact) mass is 373 g/mol. The van der Waals surface area contributed by atoms with Gasteiger partial charge in [0.2, 0.25) is 5.82 Å². The van der Waals surface area contributed by atoms with Crippen LogP contribution in [-0.4, -0.2) is 32.9 Å². The van der Waals surface area contributed by atoms with Crippen molar-refractivity contribution in [2.24, 2.45) is 0 Å². The van der Waals surface area contributed by atoms with E-state index in [-0.39, 0.29) is 18.1 Å². The molecule has 0 aliphatic heterocycles. The first-order valence-corrected chi connectivity index (χ1v) is 7.55. The largest absolute Gasteiger partial charge is 0.471 e. The molecule has 0 fully saturated rings. The Morgan fingerprint density at radius 1 is 1.40 bits per heavy atom. The molecule has 0 unspecified atom stereocenters. The molecular weight excluding hydrogens is 363 g/mol. The highest BCUT2D eigenvalue weighted by Gasteiger charge is 2.38. The van der Waals surface area contributed by atoms with E-state index < -0.39 is 18.0 Å². The van der Waals surface area contributed by atoms with Gasteiger partial charge in [-0.1, -0.05) is 5.16 Å². The molecule has 8 nitrogen and oxygen atoms in total. The molecule has 1 N–H and O–H groups in total. The predicted molar refractivity (Wildman–Crippen MR) is 78.4 cm³/mol. The van der Waals surface area contributed by atoms with Gasteiger partial charge < -0.3 is 4.52 Å². The number of amides is 1. The fourth-order valence-electron chi connectivity index (χ4n) is 1.97. The normalized spacial score (nSPS) is 11.7. The van der Waals surface area contributed by atoms with Crippen LogP contribution in [0.4, 0.5) is 13.2 Å². The van der Waals surface area contributed by atoms with Crippen molar-refractivity contribution >= 4 is 17.2 Å². The minimum atomic E-state index is -4.69. The molecule has 0 spiro atoms. The van der Waals surface area contributed by atoms with Crippen LogP contribution in [0.25, 0.3) is 10.7 Å². The fraction of sp³-hybridized carbons (Fsp3) is 0.231. The molecule has 25 heavy (non-hydrogen) atoms. The van der Waals surface area contributed by atoms with Crippen molar-refractivity contribution < 1.29 is 27.3 Å². The zero-order chi connectivity index (χ0) is 18.0. The van der Waals surface area contributed by atoms with Crippen molar-refractivity contribution in [1.29, 1.82) is 0 Å². The maximum Gasteiger partial charge on any atom is 0.471 e. The van der Waals surface area contributed by atoms with Crippen LogP contribution in [0, 0.1) is 0 Å². The SMILES string of the molecule is CONC(=O)c1ccnn1Cc1ccc(-c2noc(C(F)(F)F)n2)s1. The van der Waals surface area contributed by atoms with Gasteiger partial charge in [-0.05, 0) is 18.2 Å². The van der Waals surface area contributed by atoms with Gasteiger partial charge in [0, 0.05) is 11.1 Å². The number of halogens is 3. The Morgan fingerprint density at radius 3 is 2.88 bits per heavy atom. The van der Waals surface area contributed by atoms with Crippen LogP contribution < -0.4 is 5.48 Å². The second-order valence-electron chi connectivity index (χ2n) is 4.70. The summed E-state index contributed by atoms with van der Waals surface area (Å²) in [6.07, 6.45) is -3.24. The molecule has 0 atom stereocenters. The summed E-state index contributed by atoms with van der Waals surface area (Å²) >= 11 is 1.17. The van der Waals surface area contributed by atoms with E-state index in [1.54, 1.807) is 12.1 Å². The zero-order valence-corrected chi connectivity index (χ0v) is 13.4. The van der Waals surface area contributed by atoms with Crippen LogP contribution in [0.3, 0.4) is 0 Å². The Labute approximate surface area is 142 Å². The molecule has 3 aromatic heterocycles. The van der Waals surface area contributed by atoms with Crippen molar-refractivity contribution in [1.82, 2.24) is 25.4 Å². The number of hydroxylamine groups is 1. The first-order chi connectivity index (χ1) is 11.9. The minimum Gasteiger partial charge on any atom is -0.329 e. The van der Waals surface area contributed by atoms with E-state index in [0.29, 0.717) is 4.88 Å². The molecule has 0 aromatic carbocycles. The molecule has 3 aromatic rings. The lowest BCUT2D eigenvalue weighted by Gasteiger charge is -2.05. The third-order valence-electron chi connectivity index (χ3n) is 3.00. The van der Waals surface area contributed by atoms with Gasteiger partial charge in [-0.3, -0.25) is 14.3 Å². The highest BCUT2D eigenvalue weighted by atomic mass is 32.1. The van der Waals surface area contributed by atoms with E-state index in [2.05, 4.69) is 30.1 Å². The number of carbonyl (C=O) groups excluding carboxylic acids is 1. The Bertz CT molecular complexity index is 885. The van der Waals surface area contributed by atoms with Crippen LogP contribution in [0.15, 0.2) is 28.9 Å². The summed E-state index contributed by atoms with van der Waals surface area (Å²) in [5.41, 5.74) is 2.46. The molecule has 132 valence electrons. The number of carbonyl (C=O) groups is 1. The molecule has 3 rings (SSSR count). The summed E-state index contributed by atoms with van der Waals surface area (Å²) in [7, 11) is 1.31. The van der Waals surface area contributed by atoms with Crippen LogP contribution >= 0.6 is 11.3 Å². The summed E-state index contributed by atoms with van der Waals surface area (Å²) in [5, 5.41) is 7.38. The third kappa shape index (κ3) is 3.69. The van der Waals surface area contributed by atoms with Crippen LogP contribution in [0.1, 0.15) is 21.3 Å². The first-order valence-electron chi connectivity index (χ1n) is 6.73.